The summed E-state index contributed by atoms with van der Waals surface area (Å²) in [7, 11) is 0. The molecule has 68 heavy (non-hydrogen) atoms. The quantitative estimate of drug-likeness (QED) is 0.0533. The molecule has 0 fully saturated rings. The van der Waals surface area contributed by atoms with Gasteiger partial charge in [0, 0.05) is 34.4 Å². The van der Waals surface area contributed by atoms with Crippen LogP contribution < -0.4 is 9.47 Å². The van der Waals surface area contributed by atoms with E-state index in [0.29, 0.717) is 70.8 Å². The Kier molecular flexibility index (Phi) is 17.2. The van der Waals surface area contributed by atoms with Crippen molar-refractivity contribution in [3.8, 4) is 91.3 Å². The molecule has 0 aliphatic rings. The van der Waals surface area contributed by atoms with Crippen LogP contribution in [0, 0.1) is 0 Å². The van der Waals surface area contributed by atoms with E-state index in [1.807, 2.05) is 146 Å². The van der Waals surface area contributed by atoms with Crippen molar-refractivity contribution >= 4 is 0 Å². The number of aromatic hydroxyl groups is 2. The summed E-state index contributed by atoms with van der Waals surface area (Å²) in [4.78, 5) is 28.4. The second kappa shape index (κ2) is 24.9. The van der Waals surface area contributed by atoms with E-state index >= 15 is 0 Å². The summed E-state index contributed by atoms with van der Waals surface area (Å²) in [5.41, 5.74) is 4.59. The van der Waals surface area contributed by atoms with Crippen LogP contribution in [0.3, 0.4) is 0 Å². The maximum Gasteiger partial charge on any atom is 0.167 e. The Morgan fingerprint density at radius 2 is 0.529 bits per heavy atom. The average molecular weight is 905 g/mol. The van der Waals surface area contributed by atoms with Crippen LogP contribution in [0.1, 0.15) is 89.9 Å². The maximum atomic E-state index is 11.0. The number of rotatable bonds is 25. The average Bonchev–Trinajstić information content (AvgIpc) is 3.39. The molecule has 346 valence electrons. The SMILES string of the molecule is Oc1cc(OCCCCCCCCCCCCCCCCOc2ccc(-c3nc(-c4ccccc4)nc(-c4ccccc4)n3)c(O)c2)ccc1-c1nc(-c2ccccc2)nc(-c2ccccc2)n1. The molecule has 0 radical (unpaired) electrons. The molecular weight excluding hydrogens is 845 g/mol. The lowest BCUT2D eigenvalue weighted by Crippen LogP contribution is -2.01. The van der Waals surface area contributed by atoms with Gasteiger partial charge in [0.1, 0.15) is 23.0 Å². The third-order valence-corrected chi connectivity index (χ3v) is 11.9. The molecule has 8 rings (SSSR count). The second-order valence-corrected chi connectivity index (χ2v) is 17.1. The van der Waals surface area contributed by atoms with Gasteiger partial charge in [0.05, 0.1) is 24.3 Å². The molecular formula is C58H60N6O4. The zero-order valence-electron chi connectivity index (χ0n) is 38.7. The number of phenolic OH excluding ortho intramolecular Hbond substituents is 2. The van der Waals surface area contributed by atoms with Gasteiger partial charge in [-0.05, 0) is 37.1 Å². The molecule has 0 atom stereocenters. The van der Waals surface area contributed by atoms with Crippen LogP contribution in [0.15, 0.2) is 158 Å². The summed E-state index contributed by atoms with van der Waals surface area (Å²) >= 11 is 0. The highest BCUT2D eigenvalue weighted by Crippen LogP contribution is 2.35. The zero-order chi connectivity index (χ0) is 46.6. The van der Waals surface area contributed by atoms with Crippen molar-refractivity contribution in [1.82, 2.24) is 29.9 Å². The van der Waals surface area contributed by atoms with E-state index in [2.05, 4.69) is 0 Å². The van der Waals surface area contributed by atoms with E-state index in [1.165, 1.54) is 64.2 Å². The molecule has 0 aliphatic heterocycles. The smallest absolute Gasteiger partial charge is 0.167 e. The van der Waals surface area contributed by atoms with Gasteiger partial charge in [0.25, 0.3) is 0 Å². The minimum atomic E-state index is 0.0746. The first-order valence-corrected chi connectivity index (χ1v) is 24.2. The highest BCUT2D eigenvalue weighted by molar-refractivity contribution is 5.72. The molecule has 0 amide bonds. The van der Waals surface area contributed by atoms with E-state index in [0.717, 1.165) is 47.9 Å². The fraction of sp³-hybridized carbons (Fsp3) is 0.276. The fourth-order valence-corrected chi connectivity index (χ4v) is 8.14. The Morgan fingerprint density at radius 1 is 0.279 bits per heavy atom. The number of benzene rings is 6. The Hall–Kier alpha value is -7.46. The number of nitrogens with zero attached hydrogens (tertiary/aromatic N) is 6. The van der Waals surface area contributed by atoms with Crippen LogP contribution in [0.5, 0.6) is 23.0 Å². The summed E-state index contributed by atoms with van der Waals surface area (Å²) in [6, 6.07) is 49.9. The Morgan fingerprint density at radius 3 is 0.794 bits per heavy atom. The second-order valence-electron chi connectivity index (χ2n) is 17.1. The van der Waals surface area contributed by atoms with Crippen LogP contribution >= 0.6 is 0 Å². The third-order valence-electron chi connectivity index (χ3n) is 11.9. The van der Waals surface area contributed by atoms with Crippen molar-refractivity contribution in [3.63, 3.8) is 0 Å². The van der Waals surface area contributed by atoms with Crippen molar-refractivity contribution in [2.45, 2.75) is 89.9 Å². The lowest BCUT2D eigenvalue weighted by Gasteiger charge is -2.11. The van der Waals surface area contributed by atoms with E-state index in [1.54, 1.807) is 12.1 Å². The number of hydrogen-bond acceptors (Lipinski definition) is 10. The van der Waals surface area contributed by atoms with Gasteiger partial charge in [0.2, 0.25) is 0 Å². The standard InChI is InChI=1S/C58H60N6O4/c65-51-41-47(35-37-49(51)57-61-53(43-27-17-13-18-28-43)59-54(62-57)44-29-19-14-20-30-44)67-39-25-11-9-7-5-3-1-2-4-6-8-10-12-26-40-68-48-36-38-50(52(66)42-48)58-63-55(45-31-21-15-22-32-45)60-56(64-58)46-33-23-16-24-34-46/h13-24,27-38,41-42,65-66H,1-12,25-26,39-40H2. The van der Waals surface area contributed by atoms with Crippen LogP contribution in [-0.2, 0) is 0 Å². The summed E-state index contributed by atoms with van der Waals surface area (Å²) in [5.74, 6) is 4.45. The van der Waals surface area contributed by atoms with Gasteiger partial charge in [-0.25, -0.2) is 29.9 Å². The van der Waals surface area contributed by atoms with Crippen molar-refractivity contribution in [1.29, 1.82) is 0 Å². The van der Waals surface area contributed by atoms with Crippen molar-refractivity contribution in [2.24, 2.45) is 0 Å². The molecule has 10 nitrogen and oxygen atoms in total. The Labute approximate surface area is 400 Å². The van der Waals surface area contributed by atoms with Crippen LogP contribution in [-0.4, -0.2) is 53.3 Å². The van der Waals surface area contributed by atoms with Gasteiger partial charge in [-0.3, -0.25) is 0 Å². The molecule has 0 saturated carbocycles. The molecule has 0 bridgehead atoms. The minimum absolute atomic E-state index is 0.0746. The number of unbranched alkanes of at least 4 members (excludes halogenated alkanes) is 13. The zero-order valence-corrected chi connectivity index (χ0v) is 38.7. The molecule has 6 aromatic carbocycles. The molecule has 0 spiro atoms. The van der Waals surface area contributed by atoms with E-state index in [9.17, 15) is 10.2 Å². The van der Waals surface area contributed by atoms with Crippen molar-refractivity contribution in [3.05, 3.63) is 158 Å². The van der Waals surface area contributed by atoms with Gasteiger partial charge < -0.3 is 19.7 Å². The normalized spacial score (nSPS) is 11.1. The number of phenols is 2. The van der Waals surface area contributed by atoms with Crippen molar-refractivity contribution in [2.75, 3.05) is 13.2 Å². The first kappa shape index (κ1) is 47.0. The Bertz CT molecular complexity index is 2470. The highest BCUT2D eigenvalue weighted by atomic mass is 16.5. The summed E-state index contributed by atoms with van der Waals surface area (Å²) in [6.07, 6.45) is 17.0. The molecule has 2 N–H and O–H groups in total. The number of aromatic nitrogens is 6. The van der Waals surface area contributed by atoms with Crippen molar-refractivity contribution < 1.29 is 19.7 Å². The summed E-state index contributed by atoms with van der Waals surface area (Å²) in [5, 5.41) is 22.1. The largest absolute Gasteiger partial charge is 0.507 e. The Balaban J connectivity index is 0.658. The first-order chi connectivity index (χ1) is 33.6. The molecule has 0 saturated heterocycles. The van der Waals surface area contributed by atoms with E-state index in [4.69, 9.17) is 39.4 Å². The van der Waals surface area contributed by atoms with Gasteiger partial charge in [-0.15, -0.1) is 0 Å². The first-order valence-electron chi connectivity index (χ1n) is 24.2. The molecule has 2 aromatic heterocycles. The molecule has 2 heterocycles. The summed E-state index contributed by atoms with van der Waals surface area (Å²) < 4.78 is 12.0. The van der Waals surface area contributed by atoms with Gasteiger partial charge >= 0.3 is 0 Å². The van der Waals surface area contributed by atoms with Gasteiger partial charge in [-0.2, -0.15) is 0 Å². The van der Waals surface area contributed by atoms with Gasteiger partial charge in [-0.1, -0.05) is 198 Å². The number of hydrogen-bond donors (Lipinski definition) is 2. The lowest BCUT2D eigenvalue weighted by atomic mass is 10.0. The van der Waals surface area contributed by atoms with E-state index < -0.39 is 0 Å². The lowest BCUT2D eigenvalue weighted by molar-refractivity contribution is 0.302. The van der Waals surface area contributed by atoms with Crippen LogP contribution in [0.25, 0.3) is 68.3 Å². The third kappa shape index (κ3) is 13.6. The predicted molar refractivity (Wildman–Crippen MR) is 271 cm³/mol. The maximum absolute atomic E-state index is 11.0. The predicted octanol–water partition coefficient (Wildman–Crippen LogP) is 14.4. The van der Waals surface area contributed by atoms with E-state index in [-0.39, 0.29) is 11.5 Å². The molecule has 10 heteroatoms. The monoisotopic (exact) mass is 904 g/mol. The fourth-order valence-electron chi connectivity index (χ4n) is 8.14. The van der Waals surface area contributed by atoms with Gasteiger partial charge in [0.15, 0.2) is 34.9 Å². The number of ether oxygens (including phenoxy) is 2. The molecule has 0 unspecified atom stereocenters. The topological polar surface area (TPSA) is 136 Å². The molecule has 8 aromatic rings. The highest BCUT2D eigenvalue weighted by Gasteiger charge is 2.17. The summed E-state index contributed by atoms with van der Waals surface area (Å²) in [6.45, 7) is 1.23. The van der Waals surface area contributed by atoms with Crippen LogP contribution in [0.4, 0.5) is 0 Å². The van der Waals surface area contributed by atoms with Crippen LogP contribution in [0.2, 0.25) is 0 Å². The minimum Gasteiger partial charge on any atom is -0.507 e. The molecule has 0 aliphatic carbocycles.